The Balaban J connectivity index is 0.00000576. The van der Waals surface area contributed by atoms with Crippen molar-refractivity contribution in [3.63, 3.8) is 0 Å². The summed E-state index contributed by atoms with van der Waals surface area (Å²) in [4.78, 5) is 11.2. The summed E-state index contributed by atoms with van der Waals surface area (Å²) in [5, 5.41) is 0. The van der Waals surface area contributed by atoms with E-state index in [0.29, 0.717) is 5.56 Å². The lowest BCUT2D eigenvalue weighted by atomic mass is 10.0. The van der Waals surface area contributed by atoms with Crippen LogP contribution in [0.3, 0.4) is 0 Å². The van der Waals surface area contributed by atoms with Gasteiger partial charge in [0.1, 0.15) is 12.1 Å². The molecular weight excluding hydrogens is 376 g/mol. The first-order chi connectivity index (χ1) is 11.7. The molecule has 2 N–H and O–H groups in total. The maximum atomic E-state index is 11.2. The van der Waals surface area contributed by atoms with E-state index < -0.39 is 0 Å². The minimum Gasteiger partial charge on any atom is -1.00 e. The molecule has 0 spiro atoms. The minimum atomic E-state index is -0.352. The average molecular weight is 413 g/mol. The molecule has 0 atom stereocenters. The topological polar surface area (TPSA) is 47.0 Å². The summed E-state index contributed by atoms with van der Waals surface area (Å²) >= 11 is 0. The maximum absolute atomic E-state index is 11.2. The second-order valence-electron chi connectivity index (χ2n) is 6.94. The monoisotopic (exact) mass is 412 g/mol. The number of aryl methyl sites for hydroxylation is 1. The third kappa shape index (κ3) is 13.0. The van der Waals surface area contributed by atoms with Gasteiger partial charge in [0.2, 0.25) is 0 Å². The van der Waals surface area contributed by atoms with Crippen molar-refractivity contribution in [2.24, 2.45) is 5.73 Å². The third-order valence-electron chi connectivity index (χ3n) is 4.66. The maximum Gasteiger partial charge on any atom is 0.254 e. The lowest BCUT2D eigenvalue weighted by Gasteiger charge is -2.02. The molecule has 1 amide bonds. The van der Waals surface area contributed by atoms with E-state index in [2.05, 4.69) is 11.5 Å². The van der Waals surface area contributed by atoms with Gasteiger partial charge in [-0.25, -0.2) is 4.57 Å². The highest BCUT2D eigenvalue weighted by Crippen LogP contribution is 2.12. The number of pyridine rings is 1. The van der Waals surface area contributed by atoms with Crippen LogP contribution in [0, 0.1) is 0 Å². The Morgan fingerprint density at radius 1 is 0.880 bits per heavy atom. The van der Waals surface area contributed by atoms with Crippen molar-refractivity contribution in [2.75, 3.05) is 0 Å². The summed E-state index contributed by atoms with van der Waals surface area (Å²) in [6, 6.07) is 3.66. The van der Waals surface area contributed by atoms with Gasteiger partial charge in [-0.05, 0) is 12.5 Å². The van der Waals surface area contributed by atoms with E-state index in [1.54, 1.807) is 6.07 Å². The molecular formula is C21H37BrN2O. The van der Waals surface area contributed by atoms with Crippen molar-refractivity contribution < 1.29 is 26.3 Å². The third-order valence-corrected chi connectivity index (χ3v) is 4.66. The molecule has 0 aliphatic carbocycles. The molecule has 0 saturated carbocycles. The molecule has 144 valence electrons. The zero-order valence-corrected chi connectivity index (χ0v) is 17.6. The van der Waals surface area contributed by atoms with Crippen molar-refractivity contribution in [1.29, 1.82) is 0 Å². The molecule has 3 nitrogen and oxygen atoms in total. The highest BCUT2D eigenvalue weighted by Gasteiger charge is 2.06. The number of aromatic nitrogens is 1. The standard InChI is InChI=1S/C21H36N2O.BrH/c1-2-3-4-5-6-7-8-9-10-11-12-13-14-17-23-18-15-16-20(19-23)21(22)24;/h15-16,18-19H,2-14,17H2,1H3,(H-,22,24);1H. The highest BCUT2D eigenvalue weighted by molar-refractivity contribution is 5.92. The van der Waals surface area contributed by atoms with Crippen LogP contribution in [0.1, 0.15) is 101 Å². The van der Waals surface area contributed by atoms with E-state index in [1.165, 1.54) is 83.5 Å². The molecule has 4 heteroatoms. The first-order valence-corrected chi connectivity index (χ1v) is 10.0. The second-order valence-corrected chi connectivity index (χ2v) is 6.94. The number of rotatable bonds is 15. The highest BCUT2D eigenvalue weighted by atomic mass is 79.9. The number of carbonyl (C=O) groups is 1. The number of nitrogens with two attached hydrogens (primary N) is 1. The lowest BCUT2D eigenvalue weighted by Crippen LogP contribution is -3.00. The summed E-state index contributed by atoms with van der Waals surface area (Å²) in [5.74, 6) is -0.352. The summed E-state index contributed by atoms with van der Waals surface area (Å²) in [6.45, 7) is 3.25. The van der Waals surface area contributed by atoms with Crippen LogP contribution in [-0.4, -0.2) is 5.91 Å². The van der Waals surface area contributed by atoms with E-state index in [0.717, 1.165) is 6.54 Å². The van der Waals surface area contributed by atoms with Crippen LogP contribution in [0.25, 0.3) is 0 Å². The van der Waals surface area contributed by atoms with E-state index in [9.17, 15) is 4.79 Å². The van der Waals surface area contributed by atoms with Gasteiger partial charge in [-0.2, -0.15) is 0 Å². The van der Waals surface area contributed by atoms with Crippen LogP contribution in [0.2, 0.25) is 0 Å². The predicted molar refractivity (Wildman–Crippen MR) is 101 cm³/mol. The molecule has 0 unspecified atom stereocenters. The van der Waals surface area contributed by atoms with E-state index in [4.69, 9.17) is 5.73 Å². The van der Waals surface area contributed by atoms with E-state index in [1.807, 2.05) is 18.5 Å². The number of hydrogen-bond acceptors (Lipinski definition) is 1. The Morgan fingerprint density at radius 2 is 1.36 bits per heavy atom. The molecule has 0 aliphatic rings. The molecule has 0 aliphatic heterocycles. The van der Waals surface area contributed by atoms with Crippen LogP contribution in [0.5, 0.6) is 0 Å². The first kappa shape index (κ1) is 24.1. The molecule has 1 aromatic rings. The van der Waals surface area contributed by atoms with Crippen LogP contribution in [0.15, 0.2) is 24.5 Å². The molecule has 0 radical (unpaired) electrons. The summed E-state index contributed by atoms with van der Waals surface area (Å²) in [5.41, 5.74) is 5.89. The van der Waals surface area contributed by atoms with Crippen molar-refractivity contribution in [1.82, 2.24) is 0 Å². The lowest BCUT2D eigenvalue weighted by molar-refractivity contribution is -0.697. The Hall–Kier alpha value is -0.900. The zero-order chi connectivity index (χ0) is 17.5. The zero-order valence-electron chi connectivity index (χ0n) is 16.0. The van der Waals surface area contributed by atoms with E-state index >= 15 is 0 Å². The van der Waals surface area contributed by atoms with Crippen LogP contribution in [0.4, 0.5) is 0 Å². The molecule has 25 heavy (non-hydrogen) atoms. The van der Waals surface area contributed by atoms with Crippen molar-refractivity contribution in [3.8, 4) is 0 Å². The summed E-state index contributed by atoms with van der Waals surface area (Å²) in [7, 11) is 0. The van der Waals surface area contributed by atoms with Gasteiger partial charge in [-0.15, -0.1) is 0 Å². The number of primary amides is 1. The number of halogens is 1. The van der Waals surface area contributed by atoms with Gasteiger partial charge >= 0.3 is 0 Å². The molecule has 0 bridgehead atoms. The van der Waals surface area contributed by atoms with Crippen LogP contribution < -0.4 is 27.3 Å². The number of nitrogens with zero attached hydrogens (tertiary/aromatic N) is 1. The Bertz CT molecular complexity index is 451. The number of unbranched alkanes of at least 4 members (excludes halogenated alkanes) is 12. The minimum absolute atomic E-state index is 0. The van der Waals surface area contributed by atoms with Gasteiger partial charge in [-0.3, -0.25) is 4.79 Å². The molecule has 1 rings (SSSR count). The average Bonchev–Trinajstić information content (AvgIpc) is 2.59. The Labute approximate surface area is 165 Å². The molecule has 0 fully saturated rings. The number of hydrogen-bond donors (Lipinski definition) is 1. The van der Waals surface area contributed by atoms with Gasteiger partial charge in [0.05, 0.1) is 0 Å². The predicted octanol–water partition coefficient (Wildman–Crippen LogP) is 2.17. The molecule has 0 aromatic carbocycles. The van der Waals surface area contributed by atoms with Gasteiger partial charge in [0.25, 0.3) is 5.91 Å². The largest absolute Gasteiger partial charge is 1.00 e. The van der Waals surface area contributed by atoms with Gasteiger partial charge in [0, 0.05) is 12.5 Å². The van der Waals surface area contributed by atoms with E-state index in [-0.39, 0.29) is 22.9 Å². The fraction of sp³-hybridized carbons (Fsp3) is 0.714. The van der Waals surface area contributed by atoms with Gasteiger partial charge in [-0.1, -0.05) is 77.6 Å². The quantitative estimate of drug-likeness (QED) is 0.348. The SMILES string of the molecule is CCCCCCCCCCCCCCC[n+]1cccc(C(N)=O)c1.[Br-]. The van der Waals surface area contributed by atoms with Crippen molar-refractivity contribution >= 4 is 5.91 Å². The fourth-order valence-electron chi connectivity index (χ4n) is 3.12. The summed E-state index contributed by atoms with van der Waals surface area (Å²) < 4.78 is 2.07. The Kier molecular flexibility index (Phi) is 16.0. The molecule has 1 heterocycles. The van der Waals surface area contributed by atoms with Gasteiger partial charge < -0.3 is 22.7 Å². The van der Waals surface area contributed by atoms with Crippen LogP contribution >= 0.6 is 0 Å². The second kappa shape index (κ2) is 16.6. The van der Waals surface area contributed by atoms with Gasteiger partial charge in [0.15, 0.2) is 12.4 Å². The smallest absolute Gasteiger partial charge is 0.254 e. The normalized spacial score (nSPS) is 10.4. The molecule has 1 aromatic heterocycles. The number of carbonyl (C=O) groups excluding carboxylic acids is 1. The van der Waals surface area contributed by atoms with Crippen molar-refractivity contribution in [2.45, 2.75) is 96.9 Å². The fourth-order valence-corrected chi connectivity index (χ4v) is 3.12. The Morgan fingerprint density at radius 3 is 1.84 bits per heavy atom. The summed E-state index contributed by atoms with van der Waals surface area (Å²) in [6.07, 6.45) is 21.7. The molecule has 0 saturated heterocycles. The first-order valence-electron chi connectivity index (χ1n) is 10.0. The van der Waals surface area contributed by atoms with Crippen molar-refractivity contribution in [3.05, 3.63) is 30.1 Å². The number of amides is 1. The van der Waals surface area contributed by atoms with Crippen LogP contribution in [-0.2, 0) is 6.54 Å².